The molecule has 0 amide bonds. The number of hydrogen-bond donors (Lipinski definition) is 0. The fourth-order valence-electron chi connectivity index (χ4n) is 3.73. The molecule has 134 valence electrons. The second-order valence-corrected chi connectivity index (χ2v) is 6.88. The van der Waals surface area contributed by atoms with Crippen LogP contribution in [0.15, 0.2) is 24.3 Å². The van der Waals surface area contributed by atoms with Crippen molar-refractivity contribution < 1.29 is 9.13 Å². The maximum Gasteiger partial charge on any atom is 0.127 e. The third-order valence-electron chi connectivity index (χ3n) is 5.36. The lowest BCUT2D eigenvalue weighted by molar-refractivity contribution is 0.0345. The summed E-state index contributed by atoms with van der Waals surface area (Å²) < 4.78 is 19.4. The molecule has 3 rings (SSSR count). The molecule has 2 saturated heterocycles. The minimum atomic E-state index is -0.0852. The first-order valence-corrected chi connectivity index (χ1v) is 9.25. The van der Waals surface area contributed by atoms with Crippen LogP contribution in [0.1, 0.15) is 24.9 Å². The Balaban J connectivity index is 1.38. The lowest BCUT2D eigenvalue weighted by Gasteiger charge is -2.38. The van der Waals surface area contributed by atoms with E-state index < -0.39 is 0 Å². The minimum absolute atomic E-state index is 0.0852. The van der Waals surface area contributed by atoms with Crippen LogP contribution in [0.4, 0.5) is 4.39 Å². The highest BCUT2D eigenvalue weighted by atomic mass is 19.1. The summed E-state index contributed by atoms with van der Waals surface area (Å²) in [6, 6.07) is 7.32. The number of benzene rings is 1. The predicted molar refractivity (Wildman–Crippen MR) is 94.7 cm³/mol. The number of halogens is 1. The summed E-state index contributed by atoms with van der Waals surface area (Å²) in [4.78, 5) is 7.45. The SMILES string of the molecule is C[C@@H](c1ccccc1F)N1CCN(CCCN2CCOCC2)CC1. The van der Waals surface area contributed by atoms with Gasteiger partial charge >= 0.3 is 0 Å². The zero-order valence-electron chi connectivity index (χ0n) is 14.8. The Morgan fingerprint density at radius 3 is 2.25 bits per heavy atom. The van der Waals surface area contributed by atoms with Gasteiger partial charge in [-0.1, -0.05) is 18.2 Å². The van der Waals surface area contributed by atoms with Gasteiger partial charge in [-0.2, -0.15) is 0 Å². The number of ether oxygens (including phenoxy) is 1. The lowest BCUT2D eigenvalue weighted by atomic mass is 10.1. The second-order valence-electron chi connectivity index (χ2n) is 6.88. The molecule has 1 aromatic rings. The molecule has 2 fully saturated rings. The fraction of sp³-hybridized carbons (Fsp3) is 0.684. The van der Waals surface area contributed by atoms with E-state index in [1.54, 1.807) is 12.1 Å². The van der Waals surface area contributed by atoms with Gasteiger partial charge in [0.15, 0.2) is 0 Å². The summed E-state index contributed by atoms with van der Waals surface area (Å²) >= 11 is 0. The molecule has 1 aromatic carbocycles. The molecule has 5 heteroatoms. The predicted octanol–water partition coefficient (Wildman–Crippen LogP) is 2.23. The molecule has 24 heavy (non-hydrogen) atoms. The lowest BCUT2D eigenvalue weighted by Crippen LogP contribution is -2.48. The van der Waals surface area contributed by atoms with E-state index in [1.807, 2.05) is 12.1 Å². The molecule has 0 N–H and O–H groups in total. The van der Waals surface area contributed by atoms with E-state index in [4.69, 9.17) is 4.74 Å². The monoisotopic (exact) mass is 335 g/mol. The third kappa shape index (κ3) is 4.76. The van der Waals surface area contributed by atoms with Crippen LogP contribution in [0.5, 0.6) is 0 Å². The molecule has 0 spiro atoms. The normalized spacial score (nSPS) is 22.6. The Morgan fingerprint density at radius 2 is 1.58 bits per heavy atom. The molecule has 2 aliphatic rings. The first-order chi connectivity index (χ1) is 11.7. The van der Waals surface area contributed by atoms with Crippen LogP contribution in [-0.4, -0.2) is 80.3 Å². The summed E-state index contributed by atoms with van der Waals surface area (Å²) in [6.45, 7) is 12.6. The van der Waals surface area contributed by atoms with Crippen molar-refractivity contribution in [3.05, 3.63) is 35.6 Å². The van der Waals surface area contributed by atoms with Crippen molar-refractivity contribution in [1.29, 1.82) is 0 Å². The fourth-order valence-corrected chi connectivity index (χ4v) is 3.73. The Labute approximate surface area is 145 Å². The zero-order chi connectivity index (χ0) is 16.8. The highest BCUT2D eigenvalue weighted by Crippen LogP contribution is 2.23. The number of rotatable bonds is 6. The van der Waals surface area contributed by atoms with Gasteiger partial charge in [0.05, 0.1) is 13.2 Å². The summed E-state index contributed by atoms with van der Waals surface area (Å²) in [5.41, 5.74) is 0.818. The van der Waals surface area contributed by atoms with Crippen molar-refractivity contribution in [1.82, 2.24) is 14.7 Å². The van der Waals surface area contributed by atoms with Gasteiger partial charge in [0.25, 0.3) is 0 Å². The number of hydrogen-bond acceptors (Lipinski definition) is 4. The Bertz CT molecular complexity index is 499. The van der Waals surface area contributed by atoms with Gasteiger partial charge in [-0.3, -0.25) is 9.80 Å². The molecular weight excluding hydrogens is 305 g/mol. The molecule has 1 atom stereocenters. The largest absolute Gasteiger partial charge is 0.379 e. The van der Waals surface area contributed by atoms with Gasteiger partial charge in [0.2, 0.25) is 0 Å². The van der Waals surface area contributed by atoms with Crippen LogP contribution >= 0.6 is 0 Å². The van der Waals surface area contributed by atoms with Gasteiger partial charge in [-0.05, 0) is 32.5 Å². The van der Waals surface area contributed by atoms with Crippen molar-refractivity contribution in [2.24, 2.45) is 0 Å². The third-order valence-corrected chi connectivity index (χ3v) is 5.36. The molecule has 0 bridgehead atoms. The van der Waals surface area contributed by atoms with E-state index in [0.717, 1.165) is 58.0 Å². The quantitative estimate of drug-likeness (QED) is 0.793. The maximum absolute atomic E-state index is 14.0. The topological polar surface area (TPSA) is 19.0 Å². The Hall–Kier alpha value is -1.01. The molecule has 0 aliphatic carbocycles. The summed E-state index contributed by atoms with van der Waals surface area (Å²) in [5, 5.41) is 0. The van der Waals surface area contributed by atoms with Crippen LogP contribution in [-0.2, 0) is 4.74 Å². The summed E-state index contributed by atoms with van der Waals surface area (Å²) in [5.74, 6) is -0.0852. The average Bonchev–Trinajstić information content (AvgIpc) is 2.63. The Morgan fingerprint density at radius 1 is 0.958 bits per heavy atom. The molecule has 2 aliphatic heterocycles. The first kappa shape index (κ1) is 17.8. The molecule has 0 saturated carbocycles. The summed E-state index contributed by atoms with van der Waals surface area (Å²) in [6.07, 6.45) is 1.23. The van der Waals surface area contributed by atoms with Crippen LogP contribution in [0.3, 0.4) is 0 Å². The molecule has 2 heterocycles. The van der Waals surface area contributed by atoms with E-state index in [9.17, 15) is 4.39 Å². The van der Waals surface area contributed by atoms with E-state index >= 15 is 0 Å². The highest BCUT2D eigenvalue weighted by Gasteiger charge is 2.23. The molecule has 4 nitrogen and oxygen atoms in total. The molecule has 0 aromatic heterocycles. The smallest absolute Gasteiger partial charge is 0.127 e. The van der Waals surface area contributed by atoms with Crippen LogP contribution < -0.4 is 0 Å². The standard InChI is InChI=1S/C19H30FN3O/c1-17(18-5-2-3-6-19(18)20)23-11-9-21(10-12-23)7-4-8-22-13-15-24-16-14-22/h2-3,5-6,17H,4,7-16H2,1H3/t17-/m0/s1. The van der Waals surface area contributed by atoms with Crippen LogP contribution in [0, 0.1) is 5.82 Å². The van der Waals surface area contributed by atoms with Crippen molar-refractivity contribution in [2.45, 2.75) is 19.4 Å². The van der Waals surface area contributed by atoms with Gasteiger partial charge in [0, 0.05) is 50.9 Å². The Kier molecular flexibility index (Phi) is 6.60. The number of piperazine rings is 1. The number of morpholine rings is 1. The van der Waals surface area contributed by atoms with E-state index in [1.165, 1.54) is 19.5 Å². The van der Waals surface area contributed by atoms with Crippen molar-refractivity contribution >= 4 is 0 Å². The van der Waals surface area contributed by atoms with Gasteiger partial charge in [-0.25, -0.2) is 4.39 Å². The number of nitrogens with zero attached hydrogens (tertiary/aromatic N) is 3. The first-order valence-electron chi connectivity index (χ1n) is 9.25. The van der Waals surface area contributed by atoms with Crippen LogP contribution in [0.25, 0.3) is 0 Å². The van der Waals surface area contributed by atoms with Crippen molar-refractivity contribution in [3.8, 4) is 0 Å². The molecular formula is C19H30FN3O. The second kappa shape index (κ2) is 8.90. The average molecular weight is 335 g/mol. The molecule has 0 radical (unpaired) electrons. The van der Waals surface area contributed by atoms with Crippen LogP contribution in [0.2, 0.25) is 0 Å². The van der Waals surface area contributed by atoms with Crippen molar-refractivity contribution in [2.75, 3.05) is 65.6 Å². The van der Waals surface area contributed by atoms with Gasteiger partial charge in [0.1, 0.15) is 5.82 Å². The maximum atomic E-state index is 14.0. The van der Waals surface area contributed by atoms with Crippen molar-refractivity contribution in [3.63, 3.8) is 0 Å². The van der Waals surface area contributed by atoms with Gasteiger partial charge in [-0.15, -0.1) is 0 Å². The van der Waals surface area contributed by atoms with E-state index in [2.05, 4.69) is 21.6 Å². The summed E-state index contributed by atoms with van der Waals surface area (Å²) in [7, 11) is 0. The van der Waals surface area contributed by atoms with E-state index in [-0.39, 0.29) is 11.9 Å². The highest BCUT2D eigenvalue weighted by molar-refractivity contribution is 5.20. The zero-order valence-corrected chi connectivity index (χ0v) is 14.8. The van der Waals surface area contributed by atoms with E-state index in [0.29, 0.717) is 0 Å². The van der Waals surface area contributed by atoms with Gasteiger partial charge < -0.3 is 9.64 Å². The molecule has 0 unspecified atom stereocenters. The minimum Gasteiger partial charge on any atom is -0.379 e.